The first-order chi connectivity index (χ1) is 11.4. The number of rotatable bonds is 8. The highest BCUT2D eigenvalue weighted by atomic mass is 35.5. The number of sulfonamides is 1. The van der Waals surface area contributed by atoms with E-state index >= 15 is 0 Å². The van der Waals surface area contributed by atoms with E-state index in [1.165, 1.54) is 0 Å². The molecular weight excluding hydrogens is 342 g/mol. The molecule has 130 valence electrons. The van der Waals surface area contributed by atoms with Gasteiger partial charge in [0.15, 0.2) is 0 Å². The fourth-order valence-corrected chi connectivity index (χ4v) is 4.24. The zero-order valence-electron chi connectivity index (χ0n) is 14.1. The molecule has 2 atom stereocenters. The SMILES string of the molecule is CCCC[C@H](NS(=O)(=O)c1ccc(C)cc1)[C@H](Cl)c1ccccc1. The van der Waals surface area contributed by atoms with Crippen LogP contribution in [0.3, 0.4) is 0 Å². The third kappa shape index (κ3) is 5.07. The monoisotopic (exact) mass is 365 g/mol. The van der Waals surface area contributed by atoms with Crippen molar-refractivity contribution in [2.75, 3.05) is 0 Å². The molecule has 0 aliphatic carbocycles. The minimum Gasteiger partial charge on any atom is -0.207 e. The average Bonchev–Trinajstić information content (AvgIpc) is 2.59. The summed E-state index contributed by atoms with van der Waals surface area (Å²) in [5.41, 5.74) is 1.95. The van der Waals surface area contributed by atoms with Crippen molar-refractivity contribution in [3.63, 3.8) is 0 Å². The standard InChI is InChI=1S/C19H24ClNO2S/c1-3-4-10-18(19(20)16-8-6-5-7-9-16)21-24(22,23)17-13-11-15(2)12-14-17/h5-9,11-14,18-19,21H,3-4,10H2,1-2H3/t18-,19+/m0/s1. The number of unbranched alkanes of at least 4 members (excludes halogenated alkanes) is 1. The number of alkyl halides is 1. The molecule has 0 saturated heterocycles. The second-order valence-electron chi connectivity index (χ2n) is 6.00. The van der Waals surface area contributed by atoms with E-state index in [2.05, 4.69) is 11.6 Å². The summed E-state index contributed by atoms with van der Waals surface area (Å²) in [6.07, 6.45) is 2.60. The Morgan fingerprint density at radius 2 is 1.67 bits per heavy atom. The third-order valence-electron chi connectivity index (χ3n) is 3.98. The molecule has 0 unspecified atom stereocenters. The Hall–Kier alpha value is -1.36. The second kappa shape index (κ2) is 8.65. The van der Waals surface area contributed by atoms with Crippen molar-refractivity contribution in [1.29, 1.82) is 0 Å². The molecule has 0 aromatic heterocycles. The van der Waals surface area contributed by atoms with Crippen LogP contribution in [-0.2, 0) is 10.0 Å². The number of hydrogen-bond donors (Lipinski definition) is 1. The zero-order chi connectivity index (χ0) is 17.6. The summed E-state index contributed by atoms with van der Waals surface area (Å²) in [7, 11) is -3.59. The molecular formula is C19H24ClNO2S. The number of nitrogens with one attached hydrogen (secondary N) is 1. The molecule has 2 aromatic carbocycles. The van der Waals surface area contributed by atoms with Crippen LogP contribution in [0.5, 0.6) is 0 Å². The molecule has 0 aliphatic rings. The van der Waals surface area contributed by atoms with Crippen molar-refractivity contribution in [3.8, 4) is 0 Å². The lowest BCUT2D eigenvalue weighted by Gasteiger charge is -2.24. The van der Waals surface area contributed by atoms with Gasteiger partial charge in [-0.1, -0.05) is 67.8 Å². The lowest BCUT2D eigenvalue weighted by atomic mass is 10.0. The quantitative estimate of drug-likeness (QED) is 0.682. The van der Waals surface area contributed by atoms with Gasteiger partial charge in [0.1, 0.15) is 0 Å². The molecule has 0 saturated carbocycles. The maximum atomic E-state index is 12.7. The zero-order valence-corrected chi connectivity index (χ0v) is 15.6. The van der Waals surface area contributed by atoms with Gasteiger partial charge in [0.2, 0.25) is 10.0 Å². The molecule has 0 radical (unpaired) electrons. The largest absolute Gasteiger partial charge is 0.240 e. The van der Waals surface area contributed by atoms with Crippen LogP contribution in [0.4, 0.5) is 0 Å². The number of halogens is 1. The number of hydrogen-bond acceptors (Lipinski definition) is 2. The molecule has 0 heterocycles. The van der Waals surface area contributed by atoms with Crippen LogP contribution in [0, 0.1) is 6.92 Å². The highest BCUT2D eigenvalue weighted by Gasteiger charge is 2.26. The summed E-state index contributed by atoms with van der Waals surface area (Å²) in [4.78, 5) is 0.270. The van der Waals surface area contributed by atoms with E-state index in [0.29, 0.717) is 6.42 Å². The Morgan fingerprint density at radius 1 is 1.04 bits per heavy atom. The van der Waals surface area contributed by atoms with E-state index < -0.39 is 15.4 Å². The van der Waals surface area contributed by atoms with Gasteiger partial charge in [0.25, 0.3) is 0 Å². The molecule has 0 fully saturated rings. The first-order valence-corrected chi connectivity index (χ1v) is 10.1. The average molecular weight is 366 g/mol. The van der Waals surface area contributed by atoms with Crippen molar-refractivity contribution in [2.24, 2.45) is 0 Å². The number of benzene rings is 2. The maximum absolute atomic E-state index is 12.7. The lowest BCUT2D eigenvalue weighted by molar-refractivity contribution is 0.500. The first kappa shape index (κ1) is 19.0. The van der Waals surface area contributed by atoms with Crippen LogP contribution < -0.4 is 4.72 Å². The van der Waals surface area contributed by atoms with Gasteiger partial charge in [0.05, 0.1) is 10.3 Å². The highest BCUT2D eigenvalue weighted by molar-refractivity contribution is 7.89. The summed E-state index contributed by atoms with van der Waals surface area (Å²) in [5, 5.41) is -0.405. The molecule has 0 aliphatic heterocycles. The Kier molecular flexibility index (Phi) is 6.84. The van der Waals surface area contributed by atoms with Gasteiger partial charge in [-0.25, -0.2) is 13.1 Å². The van der Waals surface area contributed by atoms with Crippen molar-refractivity contribution in [1.82, 2.24) is 4.72 Å². The Morgan fingerprint density at radius 3 is 2.25 bits per heavy atom. The summed E-state index contributed by atoms with van der Waals surface area (Å²) in [5.74, 6) is 0. The second-order valence-corrected chi connectivity index (χ2v) is 8.18. The molecule has 0 spiro atoms. The first-order valence-electron chi connectivity index (χ1n) is 8.22. The topological polar surface area (TPSA) is 46.2 Å². The van der Waals surface area contributed by atoms with Gasteiger partial charge in [-0.3, -0.25) is 0 Å². The highest BCUT2D eigenvalue weighted by Crippen LogP contribution is 2.28. The predicted octanol–water partition coefficient (Wildman–Crippen LogP) is 4.81. The van der Waals surface area contributed by atoms with Crippen LogP contribution in [0.2, 0.25) is 0 Å². The molecule has 3 nitrogen and oxygen atoms in total. The summed E-state index contributed by atoms with van der Waals surface area (Å²) < 4.78 is 28.2. The minimum absolute atomic E-state index is 0.270. The van der Waals surface area contributed by atoms with E-state index in [-0.39, 0.29) is 10.9 Å². The van der Waals surface area contributed by atoms with Gasteiger partial charge in [-0.05, 0) is 31.0 Å². The fourth-order valence-electron chi connectivity index (χ4n) is 2.54. The van der Waals surface area contributed by atoms with Crippen LogP contribution in [-0.4, -0.2) is 14.5 Å². The summed E-state index contributed by atoms with van der Waals surface area (Å²) >= 11 is 6.60. The molecule has 0 amide bonds. The van der Waals surface area contributed by atoms with Crippen LogP contribution >= 0.6 is 11.6 Å². The van der Waals surface area contributed by atoms with E-state index in [1.54, 1.807) is 24.3 Å². The smallest absolute Gasteiger partial charge is 0.207 e. The molecule has 0 bridgehead atoms. The lowest BCUT2D eigenvalue weighted by Crippen LogP contribution is -2.37. The van der Waals surface area contributed by atoms with Gasteiger partial charge < -0.3 is 0 Å². The third-order valence-corrected chi connectivity index (χ3v) is 6.04. The molecule has 2 rings (SSSR count). The van der Waals surface area contributed by atoms with Crippen LogP contribution in [0.1, 0.15) is 42.7 Å². The Bertz CT molecular complexity index is 730. The summed E-state index contributed by atoms with van der Waals surface area (Å²) in [6, 6.07) is 16.1. The maximum Gasteiger partial charge on any atom is 0.240 e. The normalized spacial score (nSPS) is 14.3. The van der Waals surface area contributed by atoms with Crippen molar-refractivity contribution in [3.05, 3.63) is 65.7 Å². The van der Waals surface area contributed by atoms with Gasteiger partial charge >= 0.3 is 0 Å². The molecule has 1 N–H and O–H groups in total. The number of aryl methyl sites for hydroxylation is 1. The molecule has 2 aromatic rings. The van der Waals surface area contributed by atoms with E-state index in [4.69, 9.17) is 11.6 Å². The van der Waals surface area contributed by atoms with Crippen molar-refractivity contribution in [2.45, 2.75) is 49.4 Å². The van der Waals surface area contributed by atoms with Crippen LogP contribution in [0.15, 0.2) is 59.5 Å². The summed E-state index contributed by atoms with van der Waals surface area (Å²) in [6.45, 7) is 4.01. The predicted molar refractivity (Wildman–Crippen MR) is 99.8 cm³/mol. The van der Waals surface area contributed by atoms with E-state index in [9.17, 15) is 8.42 Å². The fraction of sp³-hybridized carbons (Fsp3) is 0.368. The molecule has 5 heteroatoms. The minimum atomic E-state index is -3.59. The van der Waals surface area contributed by atoms with Crippen molar-refractivity contribution >= 4 is 21.6 Å². The van der Waals surface area contributed by atoms with Gasteiger partial charge in [-0.2, -0.15) is 0 Å². The Labute approximate surface area is 150 Å². The van der Waals surface area contributed by atoms with Gasteiger partial charge in [-0.15, -0.1) is 11.6 Å². The van der Waals surface area contributed by atoms with Crippen LogP contribution in [0.25, 0.3) is 0 Å². The van der Waals surface area contributed by atoms with Gasteiger partial charge in [0, 0.05) is 6.04 Å². The Balaban J connectivity index is 2.23. The molecule has 24 heavy (non-hydrogen) atoms. The van der Waals surface area contributed by atoms with E-state index in [0.717, 1.165) is 24.0 Å². The van der Waals surface area contributed by atoms with Crippen molar-refractivity contribution < 1.29 is 8.42 Å². The van der Waals surface area contributed by atoms with E-state index in [1.807, 2.05) is 37.3 Å².